The van der Waals surface area contributed by atoms with Crippen LogP contribution < -0.4 is 5.32 Å². The van der Waals surface area contributed by atoms with Gasteiger partial charge in [-0.05, 0) is 49.1 Å². The van der Waals surface area contributed by atoms with Crippen molar-refractivity contribution >= 4 is 11.9 Å². The minimum Gasteiger partial charge on any atom is -0.335 e. The highest BCUT2D eigenvalue weighted by Gasteiger charge is 2.25. The van der Waals surface area contributed by atoms with Crippen molar-refractivity contribution in [1.82, 2.24) is 20.0 Å². The number of nitrogens with one attached hydrogen (secondary N) is 1. The van der Waals surface area contributed by atoms with Gasteiger partial charge in [-0.15, -0.1) is 0 Å². The molecular weight excluding hydrogens is 443 g/mol. The first-order valence-electron chi connectivity index (χ1n) is 12.9. The molecule has 2 aromatic carbocycles. The van der Waals surface area contributed by atoms with Crippen LogP contribution in [0.1, 0.15) is 53.6 Å². The summed E-state index contributed by atoms with van der Waals surface area (Å²) in [6.07, 6.45) is 5.85. The van der Waals surface area contributed by atoms with Crippen LogP contribution in [0, 0.1) is 12.7 Å². The molecular formula is C28H37FN4O2. The number of aryl methyl sites for hydroxylation is 1. The van der Waals surface area contributed by atoms with Crippen LogP contribution in [0.2, 0.25) is 0 Å². The zero-order chi connectivity index (χ0) is 24.6. The Bertz CT molecular complexity index is 983. The zero-order valence-corrected chi connectivity index (χ0v) is 20.7. The van der Waals surface area contributed by atoms with Gasteiger partial charge in [0.15, 0.2) is 0 Å². The van der Waals surface area contributed by atoms with Crippen LogP contribution in [0.3, 0.4) is 0 Å². The monoisotopic (exact) mass is 480 g/mol. The summed E-state index contributed by atoms with van der Waals surface area (Å²) in [5, 5.41) is 3.21. The molecule has 0 unspecified atom stereocenters. The van der Waals surface area contributed by atoms with Crippen LogP contribution in [0.15, 0.2) is 48.5 Å². The number of rotatable bonds is 7. The van der Waals surface area contributed by atoms with Crippen LogP contribution in [-0.4, -0.2) is 71.9 Å². The van der Waals surface area contributed by atoms with E-state index in [1.165, 1.54) is 31.4 Å². The molecule has 1 saturated carbocycles. The molecule has 1 N–H and O–H groups in total. The molecule has 35 heavy (non-hydrogen) atoms. The van der Waals surface area contributed by atoms with E-state index < -0.39 is 0 Å². The molecule has 2 aliphatic rings. The molecule has 6 nitrogen and oxygen atoms in total. The van der Waals surface area contributed by atoms with E-state index >= 15 is 0 Å². The van der Waals surface area contributed by atoms with Crippen LogP contribution >= 0.6 is 0 Å². The molecule has 1 aliphatic heterocycles. The smallest absolute Gasteiger partial charge is 0.317 e. The van der Waals surface area contributed by atoms with Gasteiger partial charge in [0.1, 0.15) is 5.82 Å². The van der Waals surface area contributed by atoms with E-state index in [1.807, 2.05) is 41.0 Å². The van der Waals surface area contributed by atoms with Crippen molar-refractivity contribution in [3.05, 3.63) is 71.0 Å². The summed E-state index contributed by atoms with van der Waals surface area (Å²) in [5.74, 6) is -0.297. The summed E-state index contributed by atoms with van der Waals surface area (Å²) in [4.78, 5) is 32.1. The molecule has 7 heteroatoms. The van der Waals surface area contributed by atoms with Crippen LogP contribution in [0.25, 0.3) is 0 Å². The number of hydrogen-bond acceptors (Lipinski definition) is 3. The van der Waals surface area contributed by atoms with Crippen LogP contribution in [-0.2, 0) is 6.54 Å². The molecule has 0 bridgehead atoms. The molecule has 1 aliphatic carbocycles. The number of urea groups is 1. The summed E-state index contributed by atoms with van der Waals surface area (Å²) >= 11 is 0. The number of carbonyl (C=O) groups is 2. The van der Waals surface area contributed by atoms with E-state index in [2.05, 4.69) is 10.2 Å². The Morgan fingerprint density at radius 1 is 0.971 bits per heavy atom. The van der Waals surface area contributed by atoms with Gasteiger partial charge in [-0.25, -0.2) is 9.18 Å². The van der Waals surface area contributed by atoms with Crippen molar-refractivity contribution in [1.29, 1.82) is 0 Å². The Labute approximate surface area is 208 Å². The fraction of sp³-hybridized carbons (Fsp3) is 0.500. The second-order valence-electron chi connectivity index (χ2n) is 9.78. The first-order valence-corrected chi connectivity index (χ1v) is 12.9. The van der Waals surface area contributed by atoms with Crippen LogP contribution in [0.4, 0.5) is 9.18 Å². The Morgan fingerprint density at radius 2 is 1.66 bits per heavy atom. The fourth-order valence-electron chi connectivity index (χ4n) is 5.00. The second kappa shape index (κ2) is 12.2. The van der Waals surface area contributed by atoms with Gasteiger partial charge in [-0.3, -0.25) is 9.69 Å². The van der Waals surface area contributed by atoms with Gasteiger partial charge >= 0.3 is 6.03 Å². The average Bonchev–Trinajstić information content (AvgIpc) is 2.88. The fourth-order valence-corrected chi connectivity index (χ4v) is 5.00. The van der Waals surface area contributed by atoms with Gasteiger partial charge < -0.3 is 15.1 Å². The maximum absolute atomic E-state index is 13.4. The van der Waals surface area contributed by atoms with Crippen molar-refractivity contribution < 1.29 is 14.0 Å². The second-order valence-corrected chi connectivity index (χ2v) is 9.78. The van der Waals surface area contributed by atoms with Gasteiger partial charge in [0.2, 0.25) is 0 Å². The predicted molar refractivity (Wildman–Crippen MR) is 136 cm³/mol. The van der Waals surface area contributed by atoms with Gasteiger partial charge in [-0.1, -0.05) is 49.6 Å². The maximum Gasteiger partial charge on any atom is 0.317 e. The quantitative estimate of drug-likeness (QED) is 0.638. The molecule has 1 saturated heterocycles. The van der Waals surface area contributed by atoms with E-state index in [0.717, 1.165) is 43.6 Å². The molecule has 1 heterocycles. The number of hydrogen-bond donors (Lipinski definition) is 1. The van der Waals surface area contributed by atoms with Crippen molar-refractivity contribution in [3.63, 3.8) is 0 Å². The van der Waals surface area contributed by atoms with Crippen molar-refractivity contribution in [2.75, 3.05) is 39.3 Å². The highest BCUT2D eigenvalue weighted by molar-refractivity contribution is 5.95. The summed E-state index contributed by atoms with van der Waals surface area (Å²) in [6.45, 7) is 6.65. The van der Waals surface area contributed by atoms with Crippen molar-refractivity contribution in [2.24, 2.45) is 0 Å². The number of carbonyl (C=O) groups excluding carboxylic acids is 2. The Morgan fingerprint density at radius 3 is 2.34 bits per heavy atom. The van der Waals surface area contributed by atoms with Gasteiger partial charge in [0.05, 0.1) is 0 Å². The van der Waals surface area contributed by atoms with Crippen molar-refractivity contribution in [2.45, 2.75) is 51.6 Å². The summed E-state index contributed by atoms with van der Waals surface area (Å²) in [6, 6.07) is 14.3. The molecule has 0 aromatic heterocycles. The summed E-state index contributed by atoms with van der Waals surface area (Å²) in [5.41, 5.74) is 2.54. The lowest BCUT2D eigenvalue weighted by molar-refractivity contribution is 0.0701. The zero-order valence-electron chi connectivity index (χ0n) is 20.7. The first-order chi connectivity index (χ1) is 17.0. The summed E-state index contributed by atoms with van der Waals surface area (Å²) < 4.78 is 13.4. The maximum atomic E-state index is 13.4. The number of benzene rings is 2. The molecule has 0 atom stereocenters. The Kier molecular flexibility index (Phi) is 8.74. The normalized spacial score (nSPS) is 17.3. The lowest BCUT2D eigenvalue weighted by atomic mass is 9.96. The third-order valence-corrected chi connectivity index (χ3v) is 7.23. The van der Waals surface area contributed by atoms with E-state index in [9.17, 15) is 14.0 Å². The minimum absolute atomic E-state index is 0.0158. The van der Waals surface area contributed by atoms with E-state index in [1.54, 1.807) is 12.1 Å². The highest BCUT2D eigenvalue weighted by Crippen LogP contribution is 2.18. The molecule has 0 spiro atoms. The van der Waals surface area contributed by atoms with Crippen LogP contribution in [0.5, 0.6) is 0 Å². The molecule has 0 radical (unpaired) electrons. The van der Waals surface area contributed by atoms with E-state index in [4.69, 9.17) is 0 Å². The Hall–Kier alpha value is -2.93. The lowest BCUT2D eigenvalue weighted by Gasteiger charge is -2.37. The van der Waals surface area contributed by atoms with E-state index in [0.29, 0.717) is 37.8 Å². The lowest BCUT2D eigenvalue weighted by Crippen LogP contribution is -2.54. The highest BCUT2D eigenvalue weighted by atomic mass is 19.1. The van der Waals surface area contributed by atoms with E-state index in [-0.39, 0.29) is 17.8 Å². The Balaban J connectivity index is 1.32. The number of amides is 3. The van der Waals surface area contributed by atoms with Crippen molar-refractivity contribution in [3.8, 4) is 0 Å². The standard InChI is InChI=1S/C28H37FN4O2/c1-22-7-5-6-10-26(22)27(34)33(21-23-11-13-24(29)14-12-23)20-17-31-15-18-32(19-16-31)28(35)30-25-8-3-2-4-9-25/h5-7,10-14,25H,2-4,8-9,15-21H2,1H3,(H,30,35). The van der Waals surface area contributed by atoms with Gasteiger partial charge in [-0.2, -0.15) is 0 Å². The topological polar surface area (TPSA) is 55.9 Å². The average molecular weight is 481 g/mol. The molecule has 3 amide bonds. The first kappa shape index (κ1) is 25.2. The number of nitrogens with zero attached hydrogens (tertiary/aromatic N) is 3. The third kappa shape index (κ3) is 7.04. The minimum atomic E-state index is -0.282. The molecule has 2 fully saturated rings. The molecule has 188 valence electrons. The molecule has 4 rings (SSSR count). The SMILES string of the molecule is Cc1ccccc1C(=O)N(CCN1CCN(C(=O)NC2CCCCC2)CC1)Cc1ccc(F)cc1. The predicted octanol–water partition coefficient (Wildman–Crippen LogP) is 4.44. The van der Waals surface area contributed by atoms with Gasteiger partial charge in [0.25, 0.3) is 5.91 Å². The third-order valence-electron chi connectivity index (χ3n) is 7.23. The summed E-state index contributed by atoms with van der Waals surface area (Å²) in [7, 11) is 0. The number of halogens is 1. The van der Waals surface area contributed by atoms with Gasteiger partial charge in [0, 0.05) is 57.4 Å². The number of piperazine rings is 1. The largest absolute Gasteiger partial charge is 0.335 e. The molecule has 2 aromatic rings.